The van der Waals surface area contributed by atoms with Gasteiger partial charge in [-0.25, -0.2) is 21.5 Å². The maximum atomic E-state index is 13.4. The van der Waals surface area contributed by atoms with Crippen LogP contribution in [0.5, 0.6) is 0 Å². The zero-order valence-electron chi connectivity index (χ0n) is 11.4. The molecule has 0 amide bonds. The van der Waals surface area contributed by atoms with E-state index < -0.39 is 21.7 Å². The van der Waals surface area contributed by atoms with E-state index in [1.54, 1.807) is 0 Å². The molecule has 1 N–H and O–H groups in total. The minimum atomic E-state index is -3.66. The normalized spacial score (nSPS) is 11.9. The van der Waals surface area contributed by atoms with Crippen LogP contribution in [0.15, 0.2) is 39.8 Å². The standard InChI is InChI=1S/C13H14F2N2O3S/c1-17(2)21(18,19)12-7-6-9(20-12)8-16-13-10(14)4-3-5-11(13)15/h3-7,16H,8H2,1-2H3. The van der Waals surface area contributed by atoms with Crippen LogP contribution in [0.4, 0.5) is 14.5 Å². The number of anilines is 1. The summed E-state index contributed by atoms with van der Waals surface area (Å²) in [6.45, 7) is -0.0409. The Morgan fingerprint density at radius 2 is 1.76 bits per heavy atom. The first-order valence-electron chi connectivity index (χ1n) is 6.01. The van der Waals surface area contributed by atoms with E-state index in [0.29, 0.717) is 0 Å². The molecule has 1 aromatic heterocycles. The lowest BCUT2D eigenvalue weighted by Crippen LogP contribution is -2.21. The zero-order valence-corrected chi connectivity index (χ0v) is 12.2. The summed E-state index contributed by atoms with van der Waals surface area (Å²) in [7, 11) is -0.906. The molecule has 0 fully saturated rings. The monoisotopic (exact) mass is 316 g/mol. The summed E-state index contributed by atoms with van der Waals surface area (Å²) in [5, 5.41) is 2.32. The van der Waals surface area contributed by atoms with Crippen LogP contribution in [-0.4, -0.2) is 26.8 Å². The van der Waals surface area contributed by atoms with Crippen LogP contribution in [0.1, 0.15) is 5.76 Å². The number of halogens is 2. The van der Waals surface area contributed by atoms with Crippen molar-refractivity contribution >= 4 is 15.7 Å². The van der Waals surface area contributed by atoms with E-state index in [-0.39, 0.29) is 23.1 Å². The molecule has 21 heavy (non-hydrogen) atoms. The highest BCUT2D eigenvalue weighted by Gasteiger charge is 2.21. The molecule has 0 unspecified atom stereocenters. The smallest absolute Gasteiger partial charge is 0.275 e. The van der Waals surface area contributed by atoms with Gasteiger partial charge in [0.15, 0.2) is 0 Å². The molecule has 0 aliphatic heterocycles. The van der Waals surface area contributed by atoms with Gasteiger partial charge in [-0.15, -0.1) is 0 Å². The van der Waals surface area contributed by atoms with E-state index in [1.807, 2.05) is 0 Å². The molecule has 0 aliphatic rings. The summed E-state index contributed by atoms with van der Waals surface area (Å²) in [6.07, 6.45) is 0. The van der Waals surface area contributed by atoms with Crippen LogP contribution in [0, 0.1) is 11.6 Å². The summed E-state index contributed by atoms with van der Waals surface area (Å²) < 4.78 is 56.7. The fourth-order valence-corrected chi connectivity index (χ4v) is 2.43. The second kappa shape index (κ2) is 5.82. The largest absolute Gasteiger partial charge is 0.446 e. The van der Waals surface area contributed by atoms with E-state index in [1.165, 1.54) is 32.3 Å². The van der Waals surface area contributed by atoms with Gasteiger partial charge in [-0.1, -0.05) is 6.07 Å². The Morgan fingerprint density at radius 1 is 1.14 bits per heavy atom. The summed E-state index contributed by atoms with van der Waals surface area (Å²) in [4.78, 5) is 0. The molecule has 1 heterocycles. The van der Waals surface area contributed by atoms with Crippen LogP contribution >= 0.6 is 0 Å². The first-order valence-corrected chi connectivity index (χ1v) is 7.45. The number of benzene rings is 1. The number of sulfonamides is 1. The quantitative estimate of drug-likeness (QED) is 0.920. The van der Waals surface area contributed by atoms with Gasteiger partial charge in [0.05, 0.1) is 6.54 Å². The van der Waals surface area contributed by atoms with Crippen molar-refractivity contribution in [3.63, 3.8) is 0 Å². The van der Waals surface area contributed by atoms with Gasteiger partial charge in [-0.05, 0) is 24.3 Å². The van der Waals surface area contributed by atoms with Crippen molar-refractivity contribution < 1.29 is 21.6 Å². The number of nitrogens with one attached hydrogen (secondary N) is 1. The zero-order chi connectivity index (χ0) is 15.6. The highest BCUT2D eigenvalue weighted by molar-refractivity contribution is 7.88. The van der Waals surface area contributed by atoms with Gasteiger partial charge in [-0.2, -0.15) is 0 Å². The average Bonchev–Trinajstić information content (AvgIpc) is 2.87. The minimum Gasteiger partial charge on any atom is -0.446 e. The lowest BCUT2D eigenvalue weighted by atomic mass is 10.3. The van der Waals surface area contributed by atoms with Crippen molar-refractivity contribution in [3.8, 4) is 0 Å². The third-order valence-corrected chi connectivity index (χ3v) is 4.46. The molecule has 0 spiro atoms. The number of rotatable bonds is 5. The van der Waals surface area contributed by atoms with Gasteiger partial charge in [-0.3, -0.25) is 0 Å². The Hall–Kier alpha value is -1.93. The number of hydrogen-bond acceptors (Lipinski definition) is 4. The van der Waals surface area contributed by atoms with E-state index in [0.717, 1.165) is 16.4 Å². The van der Waals surface area contributed by atoms with Gasteiger partial charge >= 0.3 is 0 Å². The lowest BCUT2D eigenvalue weighted by molar-refractivity contribution is 0.402. The van der Waals surface area contributed by atoms with Gasteiger partial charge < -0.3 is 9.73 Å². The van der Waals surface area contributed by atoms with Crippen molar-refractivity contribution in [2.75, 3.05) is 19.4 Å². The number of para-hydroxylation sites is 1. The van der Waals surface area contributed by atoms with Crippen LogP contribution in [-0.2, 0) is 16.6 Å². The molecular formula is C13H14F2N2O3S. The topological polar surface area (TPSA) is 62.6 Å². The first-order chi connectivity index (χ1) is 9.82. The fourth-order valence-electron chi connectivity index (χ4n) is 1.61. The molecule has 0 radical (unpaired) electrons. The molecule has 0 saturated heterocycles. The predicted octanol–water partition coefficient (Wildman–Crippen LogP) is 2.42. The molecule has 5 nitrogen and oxygen atoms in total. The second-order valence-electron chi connectivity index (χ2n) is 4.46. The molecule has 0 saturated carbocycles. The summed E-state index contributed by atoms with van der Waals surface area (Å²) in [6, 6.07) is 6.22. The van der Waals surface area contributed by atoms with Crippen molar-refractivity contribution in [1.82, 2.24) is 4.31 Å². The fraction of sp³-hybridized carbons (Fsp3) is 0.231. The highest BCUT2D eigenvalue weighted by Crippen LogP contribution is 2.21. The summed E-state index contributed by atoms with van der Waals surface area (Å²) >= 11 is 0. The SMILES string of the molecule is CN(C)S(=O)(=O)c1ccc(CNc2c(F)cccc2F)o1. The molecule has 2 rings (SSSR count). The Balaban J connectivity index is 2.14. The van der Waals surface area contributed by atoms with Crippen LogP contribution < -0.4 is 5.32 Å². The van der Waals surface area contributed by atoms with E-state index in [9.17, 15) is 17.2 Å². The average molecular weight is 316 g/mol. The molecule has 0 bridgehead atoms. The van der Waals surface area contributed by atoms with Crippen molar-refractivity contribution in [2.24, 2.45) is 0 Å². The second-order valence-corrected chi connectivity index (χ2v) is 6.54. The highest BCUT2D eigenvalue weighted by atomic mass is 32.2. The Labute approximate surface area is 121 Å². The van der Waals surface area contributed by atoms with E-state index >= 15 is 0 Å². The molecular weight excluding hydrogens is 302 g/mol. The van der Waals surface area contributed by atoms with Crippen molar-refractivity contribution in [2.45, 2.75) is 11.6 Å². The number of hydrogen-bond donors (Lipinski definition) is 1. The summed E-state index contributed by atoms with van der Waals surface area (Å²) in [5.41, 5.74) is -0.286. The first kappa shape index (κ1) is 15.5. The lowest BCUT2D eigenvalue weighted by Gasteiger charge is -2.08. The molecule has 114 valence electrons. The molecule has 0 aliphatic carbocycles. The maximum absolute atomic E-state index is 13.4. The van der Waals surface area contributed by atoms with E-state index in [2.05, 4.69) is 5.32 Å². The van der Waals surface area contributed by atoms with Gasteiger partial charge in [0, 0.05) is 14.1 Å². The summed E-state index contributed by atoms with van der Waals surface area (Å²) in [5.74, 6) is -1.22. The minimum absolute atomic E-state index is 0.0409. The Bertz CT molecular complexity index is 721. The number of nitrogens with zero attached hydrogens (tertiary/aromatic N) is 1. The van der Waals surface area contributed by atoms with Gasteiger partial charge in [0.25, 0.3) is 10.0 Å². The maximum Gasteiger partial charge on any atom is 0.275 e. The molecule has 0 atom stereocenters. The van der Waals surface area contributed by atoms with Gasteiger partial charge in [0.2, 0.25) is 5.09 Å². The molecule has 1 aromatic carbocycles. The third kappa shape index (κ3) is 3.22. The van der Waals surface area contributed by atoms with Crippen molar-refractivity contribution in [3.05, 3.63) is 47.7 Å². The predicted molar refractivity (Wildman–Crippen MR) is 73.3 cm³/mol. The number of furan rings is 1. The molecule has 2 aromatic rings. The molecule has 8 heteroatoms. The van der Waals surface area contributed by atoms with Crippen LogP contribution in [0.2, 0.25) is 0 Å². The Kier molecular flexibility index (Phi) is 4.29. The van der Waals surface area contributed by atoms with Crippen LogP contribution in [0.3, 0.4) is 0 Å². The van der Waals surface area contributed by atoms with E-state index in [4.69, 9.17) is 4.42 Å². The van der Waals surface area contributed by atoms with Crippen LogP contribution in [0.25, 0.3) is 0 Å². The van der Waals surface area contributed by atoms with Gasteiger partial charge in [0.1, 0.15) is 23.1 Å². The van der Waals surface area contributed by atoms with Crippen molar-refractivity contribution in [1.29, 1.82) is 0 Å². The third-order valence-electron chi connectivity index (χ3n) is 2.77. The Morgan fingerprint density at radius 3 is 2.33 bits per heavy atom.